The Labute approximate surface area is 195 Å². The maximum Gasteiger partial charge on any atom is 0.148 e. The van der Waals surface area contributed by atoms with Gasteiger partial charge in [-0.2, -0.15) is 5.26 Å². The third kappa shape index (κ3) is 5.15. The van der Waals surface area contributed by atoms with Gasteiger partial charge in [-0.1, -0.05) is 111 Å². The van der Waals surface area contributed by atoms with Crippen molar-refractivity contribution in [3.63, 3.8) is 0 Å². The number of pyridine rings is 1. The Bertz CT molecular complexity index is 1330. The van der Waals surface area contributed by atoms with Crippen LogP contribution in [0.5, 0.6) is 0 Å². The van der Waals surface area contributed by atoms with Crippen LogP contribution < -0.4 is 5.73 Å². The number of aromatic nitrogens is 1. The fourth-order valence-corrected chi connectivity index (χ4v) is 3.57. The van der Waals surface area contributed by atoms with E-state index in [0.29, 0.717) is 11.3 Å². The topological polar surface area (TPSA) is 62.7 Å². The lowest BCUT2D eigenvalue weighted by Gasteiger charge is -2.11. The van der Waals surface area contributed by atoms with E-state index in [1.165, 1.54) is 16.7 Å². The van der Waals surface area contributed by atoms with Gasteiger partial charge in [-0.05, 0) is 28.3 Å². The van der Waals surface area contributed by atoms with E-state index in [-0.39, 0.29) is 0 Å². The van der Waals surface area contributed by atoms with Crippen molar-refractivity contribution in [1.82, 2.24) is 4.98 Å². The molecule has 3 nitrogen and oxygen atoms in total. The molecule has 4 aromatic rings. The van der Waals surface area contributed by atoms with E-state index >= 15 is 0 Å². The van der Waals surface area contributed by atoms with E-state index < -0.39 is 0 Å². The van der Waals surface area contributed by atoms with Crippen LogP contribution in [0, 0.1) is 11.3 Å². The minimum absolute atomic E-state index is 0.362. The molecule has 0 saturated carbocycles. The molecule has 0 bridgehead atoms. The Morgan fingerprint density at radius 1 is 0.697 bits per heavy atom. The maximum absolute atomic E-state index is 8.81. The molecule has 3 aromatic carbocycles. The average Bonchev–Trinajstić information content (AvgIpc) is 2.88. The molecule has 33 heavy (non-hydrogen) atoms. The molecule has 0 atom stereocenters. The molecule has 160 valence electrons. The van der Waals surface area contributed by atoms with Crippen LogP contribution in [-0.2, 0) is 0 Å². The molecule has 0 amide bonds. The number of nitrogens with zero attached hydrogens (tertiary/aromatic N) is 2. The van der Waals surface area contributed by atoms with Gasteiger partial charge < -0.3 is 5.73 Å². The van der Waals surface area contributed by atoms with Crippen molar-refractivity contribution >= 4 is 23.9 Å². The van der Waals surface area contributed by atoms with Crippen LogP contribution in [0.4, 0.5) is 5.69 Å². The number of benzene rings is 3. The Balaban J connectivity index is 0.000000196. The molecule has 3 heteroatoms. The first kappa shape index (κ1) is 23.0. The summed E-state index contributed by atoms with van der Waals surface area (Å²) in [5, 5.41) is 8.81. The minimum Gasteiger partial charge on any atom is -0.398 e. The summed E-state index contributed by atoms with van der Waals surface area (Å²) in [6.07, 6.45) is 6.57. The third-order valence-corrected chi connectivity index (χ3v) is 5.19. The van der Waals surface area contributed by atoms with Gasteiger partial charge in [-0.15, -0.1) is 0 Å². The standard InChI is InChI=1S/C18H15N.C12H10N2/c19-18-13-7-6-12-17(18)16-11-5-4-10-15(16)14-8-2-1-3-9-14;1-4-9-8-14-12(7-13)11(6-3)10(9)5-2/h1-13H,19H2;4-6,8H,1-3H2. The highest BCUT2D eigenvalue weighted by Crippen LogP contribution is 2.34. The van der Waals surface area contributed by atoms with Crippen LogP contribution in [0.2, 0.25) is 0 Å². The lowest BCUT2D eigenvalue weighted by atomic mass is 9.94. The second kappa shape index (κ2) is 11.1. The zero-order valence-corrected chi connectivity index (χ0v) is 18.4. The molecule has 0 radical (unpaired) electrons. The smallest absolute Gasteiger partial charge is 0.148 e. The molecule has 0 spiro atoms. The van der Waals surface area contributed by atoms with Crippen LogP contribution in [0.25, 0.3) is 40.5 Å². The van der Waals surface area contributed by atoms with Crippen molar-refractivity contribution in [2.75, 3.05) is 5.73 Å². The van der Waals surface area contributed by atoms with Crippen LogP contribution in [0.3, 0.4) is 0 Å². The van der Waals surface area contributed by atoms with Crippen LogP contribution >= 0.6 is 0 Å². The lowest BCUT2D eigenvalue weighted by Crippen LogP contribution is -1.94. The Hall–Kier alpha value is -4.68. The van der Waals surface area contributed by atoms with Gasteiger partial charge in [-0.3, -0.25) is 0 Å². The number of nitrogen functional groups attached to an aromatic ring is 1. The van der Waals surface area contributed by atoms with Crippen LogP contribution in [0.15, 0.2) is 105 Å². The normalized spacial score (nSPS) is 9.67. The van der Waals surface area contributed by atoms with Gasteiger partial charge >= 0.3 is 0 Å². The van der Waals surface area contributed by atoms with E-state index in [4.69, 9.17) is 11.0 Å². The molecule has 0 aliphatic heterocycles. The lowest BCUT2D eigenvalue weighted by molar-refractivity contribution is 1.24. The molecule has 0 fully saturated rings. The van der Waals surface area contributed by atoms with E-state index in [1.54, 1.807) is 24.4 Å². The van der Waals surface area contributed by atoms with Crippen molar-refractivity contribution < 1.29 is 0 Å². The summed E-state index contributed by atoms with van der Waals surface area (Å²) in [5.41, 5.74) is 14.4. The monoisotopic (exact) mass is 427 g/mol. The van der Waals surface area contributed by atoms with Crippen molar-refractivity contribution in [1.29, 1.82) is 5.26 Å². The van der Waals surface area contributed by atoms with Crippen molar-refractivity contribution in [3.05, 3.63) is 127 Å². The largest absolute Gasteiger partial charge is 0.398 e. The van der Waals surface area contributed by atoms with E-state index in [0.717, 1.165) is 22.4 Å². The molecular weight excluding hydrogens is 402 g/mol. The number of nitriles is 1. The highest BCUT2D eigenvalue weighted by atomic mass is 14.7. The quantitative estimate of drug-likeness (QED) is 0.336. The van der Waals surface area contributed by atoms with Crippen molar-refractivity contribution in [3.8, 4) is 28.3 Å². The number of anilines is 1. The highest BCUT2D eigenvalue weighted by Gasteiger charge is 2.09. The number of para-hydroxylation sites is 1. The molecule has 0 aliphatic carbocycles. The first-order valence-corrected chi connectivity index (χ1v) is 10.4. The van der Waals surface area contributed by atoms with Crippen molar-refractivity contribution in [2.24, 2.45) is 0 Å². The van der Waals surface area contributed by atoms with E-state index in [9.17, 15) is 0 Å². The SMILES string of the molecule is C=Cc1cnc(C#N)c(C=C)c1C=C.Nc1ccccc1-c1ccccc1-c1ccccc1. The summed E-state index contributed by atoms with van der Waals surface area (Å²) in [5.74, 6) is 0. The Kier molecular flexibility index (Phi) is 7.72. The van der Waals surface area contributed by atoms with Gasteiger partial charge in [0.1, 0.15) is 11.8 Å². The zero-order chi connectivity index (χ0) is 23.6. The summed E-state index contributed by atoms with van der Waals surface area (Å²) in [6.45, 7) is 11.0. The van der Waals surface area contributed by atoms with Gasteiger partial charge in [0.15, 0.2) is 0 Å². The molecule has 4 rings (SSSR count). The summed E-state index contributed by atoms with van der Waals surface area (Å²) in [6, 6.07) is 28.8. The summed E-state index contributed by atoms with van der Waals surface area (Å²) in [7, 11) is 0. The molecule has 0 saturated heterocycles. The fourth-order valence-electron chi connectivity index (χ4n) is 3.57. The molecule has 1 heterocycles. The van der Waals surface area contributed by atoms with Crippen molar-refractivity contribution in [2.45, 2.75) is 0 Å². The summed E-state index contributed by atoms with van der Waals surface area (Å²) in [4.78, 5) is 4.00. The second-order valence-electron chi connectivity index (χ2n) is 7.11. The van der Waals surface area contributed by atoms with Crippen LogP contribution in [-0.4, -0.2) is 4.98 Å². The Morgan fingerprint density at radius 2 is 1.27 bits per heavy atom. The van der Waals surface area contributed by atoms with E-state index in [1.807, 2.05) is 36.4 Å². The number of hydrogen-bond acceptors (Lipinski definition) is 3. The summed E-state index contributed by atoms with van der Waals surface area (Å²) < 4.78 is 0. The fraction of sp³-hybridized carbons (Fsp3) is 0. The third-order valence-electron chi connectivity index (χ3n) is 5.19. The first-order chi connectivity index (χ1) is 16.1. The van der Waals surface area contributed by atoms with Gasteiger partial charge in [-0.25, -0.2) is 4.98 Å². The zero-order valence-electron chi connectivity index (χ0n) is 18.4. The number of nitrogens with two attached hydrogens (primary N) is 1. The highest BCUT2D eigenvalue weighted by molar-refractivity contribution is 5.88. The van der Waals surface area contributed by atoms with E-state index in [2.05, 4.69) is 73.3 Å². The van der Waals surface area contributed by atoms with Gasteiger partial charge in [0.05, 0.1) is 0 Å². The average molecular weight is 428 g/mol. The molecule has 0 aliphatic rings. The first-order valence-electron chi connectivity index (χ1n) is 10.4. The number of rotatable bonds is 5. The Morgan fingerprint density at radius 3 is 1.85 bits per heavy atom. The molecular formula is C30H25N3. The summed E-state index contributed by atoms with van der Waals surface area (Å²) >= 11 is 0. The molecule has 0 unspecified atom stereocenters. The number of hydrogen-bond donors (Lipinski definition) is 1. The van der Waals surface area contributed by atoms with Gasteiger partial charge in [0.25, 0.3) is 0 Å². The predicted molar refractivity (Wildman–Crippen MR) is 141 cm³/mol. The maximum atomic E-state index is 8.81. The molecule has 1 aromatic heterocycles. The minimum atomic E-state index is 0.362. The molecule has 2 N–H and O–H groups in total. The van der Waals surface area contributed by atoms with Gasteiger partial charge in [0, 0.05) is 28.6 Å². The predicted octanol–water partition coefficient (Wildman–Crippen LogP) is 7.49. The van der Waals surface area contributed by atoms with Gasteiger partial charge in [0.2, 0.25) is 0 Å². The second-order valence-corrected chi connectivity index (χ2v) is 7.11. The van der Waals surface area contributed by atoms with Crippen LogP contribution in [0.1, 0.15) is 22.4 Å².